The molecule has 0 aromatic carbocycles. The Hall–Kier alpha value is -1.14. The molecule has 1 rings (SSSR count). The fraction of sp³-hybridized carbons (Fsp3) is 0.143. The first kappa shape index (κ1) is 9.94. The van der Waals surface area contributed by atoms with Crippen LogP contribution < -0.4 is 11.3 Å². The van der Waals surface area contributed by atoms with E-state index in [4.69, 9.17) is 5.84 Å². The lowest BCUT2D eigenvalue weighted by Crippen LogP contribution is -2.11. The lowest BCUT2D eigenvalue weighted by atomic mass is 10.6. The van der Waals surface area contributed by atoms with Gasteiger partial charge in [-0.3, -0.25) is 0 Å². The Morgan fingerprint density at radius 2 is 2.54 bits per heavy atom. The van der Waals surface area contributed by atoms with E-state index >= 15 is 0 Å². The van der Waals surface area contributed by atoms with Crippen molar-refractivity contribution in [2.24, 2.45) is 5.84 Å². The highest BCUT2D eigenvalue weighted by atomic mass is 32.2. The number of halogens is 1. The van der Waals surface area contributed by atoms with Crippen LogP contribution in [0.15, 0.2) is 24.0 Å². The topological polar surface area (TPSA) is 63.8 Å². The molecule has 0 saturated carbocycles. The van der Waals surface area contributed by atoms with Gasteiger partial charge in [-0.2, -0.15) is 0 Å². The highest BCUT2D eigenvalue weighted by molar-refractivity contribution is 7.99. The van der Waals surface area contributed by atoms with Gasteiger partial charge in [0, 0.05) is 5.75 Å². The Balaban J connectivity index is 2.79. The molecule has 0 aliphatic carbocycles. The van der Waals surface area contributed by atoms with E-state index in [0.717, 1.165) is 6.20 Å². The molecule has 0 atom stereocenters. The number of nitrogens with zero attached hydrogens (tertiary/aromatic N) is 2. The molecule has 3 N–H and O–H groups in total. The first-order chi connectivity index (χ1) is 6.27. The van der Waals surface area contributed by atoms with Crippen molar-refractivity contribution in [1.82, 2.24) is 9.97 Å². The molecule has 0 bridgehead atoms. The van der Waals surface area contributed by atoms with Crippen molar-refractivity contribution in [1.29, 1.82) is 0 Å². The number of nitrogens with one attached hydrogen (secondary N) is 1. The SMILES string of the molecule is C=CCSc1ncc(F)c(NN)n1. The van der Waals surface area contributed by atoms with Gasteiger partial charge >= 0.3 is 0 Å². The summed E-state index contributed by atoms with van der Waals surface area (Å²) in [5.41, 5.74) is 2.15. The minimum atomic E-state index is -0.564. The second-order valence-corrected chi connectivity index (χ2v) is 3.08. The first-order valence-electron chi connectivity index (χ1n) is 3.50. The fourth-order valence-electron chi connectivity index (χ4n) is 0.655. The van der Waals surface area contributed by atoms with Gasteiger partial charge in [-0.05, 0) is 0 Å². The van der Waals surface area contributed by atoms with Gasteiger partial charge in [-0.15, -0.1) is 6.58 Å². The Kier molecular flexibility index (Phi) is 3.66. The van der Waals surface area contributed by atoms with E-state index < -0.39 is 5.82 Å². The lowest BCUT2D eigenvalue weighted by Gasteiger charge is -2.01. The largest absolute Gasteiger partial charge is 0.306 e. The third kappa shape index (κ3) is 2.67. The molecule has 4 nitrogen and oxygen atoms in total. The van der Waals surface area contributed by atoms with Gasteiger partial charge in [0.2, 0.25) is 0 Å². The van der Waals surface area contributed by atoms with Crippen molar-refractivity contribution in [3.8, 4) is 0 Å². The molecule has 1 heterocycles. The summed E-state index contributed by atoms with van der Waals surface area (Å²) in [5, 5.41) is 0.467. The third-order valence-corrected chi connectivity index (χ3v) is 2.05. The molecular weight excluding hydrogens is 191 g/mol. The van der Waals surface area contributed by atoms with Gasteiger partial charge in [0.1, 0.15) is 0 Å². The average Bonchev–Trinajstić information content (AvgIpc) is 2.16. The summed E-state index contributed by atoms with van der Waals surface area (Å²) in [6.07, 6.45) is 2.79. The molecule has 0 amide bonds. The van der Waals surface area contributed by atoms with Crippen LogP contribution in [0.2, 0.25) is 0 Å². The van der Waals surface area contributed by atoms with Crippen LogP contribution in [0.1, 0.15) is 0 Å². The molecule has 70 valence electrons. The molecule has 13 heavy (non-hydrogen) atoms. The number of hydrazine groups is 1. The number of nitrogen functional groups attached to an aromatic ring is 1. The van der Waals surface area contributed by atoms with Crippen LogP contribution in [-0.4, -0.2) is 15.7 Å². The normalized spacial score (nSPS) is 9.69. The van der Waals surface area contributed by atoms with Gasteiger partial charge in [0.15, 0.2) is 16.8 Å². The third-order valence-electron chi connectivity index (χ3n) is 1.19. The van der Waals surface area contributed by atoms with E-state index in [1.165, 1.54) is 11.8 Å². The lowest BCUT2D eigenvalue weighted by molar-refractivity contribution is 0.610. The molecule has 0 spiro atoms. The van der Waals surface area contributed by atoms with E-state index in [0.29, 0.717) is 10.9 Å². The van der Waals surface area contributed by atoms with Gasteiger partial charge in [0.25, 0.3) is 0 Å². The number of hydrogen-bond donors (Lipinski definition) is 2. The fourth-order valence-corrected chi connectivity index (χ4v) is 1.21. The molecule has 0 unspecified atom stereocenters. The highest BCUT2D eigenvalue weighted by Gasteiger charge is 2.04. The van der Waals surface area contributed by atoms with Crippen molar-refractivity contribution in [2.75, 3.05) is 11.2 Å². The zero-order chi connectivity index (χ0) is 9.68. The number of nitrogens with two attached hydrogens (primary N) is 1. The zero-order valence-electron chi connectivity index (χ0n) is 6.83. The quantitative estimate of drug-likeness (QED) is 0.251. The Morgan fingerprint density at radius 3 is 3.15 bits per heavy atom. The maximum Gasteiger partial charge on any atom is 0.190 e. The van der Waals surface area contributed by atoms with Crippen LogP contribution in [0.4, 0.5) is 10.2 Å². The molecule has 0 radical (unpaired) electrons. The maximum atomic E-state index is 12.8. The summed E-state index contributed by atoms with van der Waals surface area (Å²) in [4.78, 5) is 7.58. The van der Waals surface area contributed by atoms with Crippen molar-refractivity contribution < 1.29 is 4.39 Å². The second-order valence-electron chi connectivity index (χ2n) is 2.09. The smallest absolute Gasteiger partial charge is 0.190 e. The van der Waals surface area contributed by atoms with Gasteiger partial charge < -0.3 is 5.43 Å². The highest BCUT2D eigenvalue weighted by Crippen LogP contribution is 2.16. The van der Waals surface area contributed by atoms with Crippen LogP contribution in [0, 0.1) is 5.82 Å². The molecule has 1 aromatic heterocycles. The summed E-state index contributed by atoms with van der Waals surface area (Å²) in [7, 11) is 0. The number of anilines is 1. The Bertz CT molecular complexity index is 305. The monoisotopic (exact) mass is 200 g/mol. The molecule has 0 saturated heterocycles. The number of rotatable bonds is 4. The minimum Gasteiger partial charge on any atom is -0.306 e. The van der Waals surface area contributed by atoms with E-state index in [9.17, 15) is 4.39 Å². The van der Waals surface area contributed by atoms with E-state index in [1.807, 2.05) is 0 Å². The average molecular weight is 200 g/mol. The molecule has 0 fully saturated rings. The Morgan fingerprint density at radius 1 is 1.77 bits per heavy atom. The molecule has 1 aromatic rings. The number of aromatic nitrogens is 2. The summed E-state index contributed by atoms with van der Waals surface area (Å²) in [5.74, 6) is 5.15. The molecule has 0 aliphatic heterocycles. The zero-order valence-corrected chi connectivity index (χ0v) is 7.64. The minimum absolute atomic E-state index is 0.00145. The summed E-state index contributed by atoms with van der Waals surface area (Å²) < 4.78 is 12.8. The summed E-state index contributed by atoms with van der Waals surface area (Å²) >= 11 is 1.36. The van der Waals surface area contributed by atoms with Crippen molar-refractivity contribution in [2.45, 2.75) is 5.16 Å². The van der Waals surface area contributed by atoms with Crippen LogP contribution in [-0.2, 0) is 0 Å². The van der Waals surface area contributed by atoms with E-state index in [1.54, 1.807) is 6.08 Å². The van der Waals surface area contributed by atoms with Crippen LogP contribution >= 0.6 is 11.8 Å². The summed E-state index contributed by atoms with van der Waals surface area (Å²) in [6, 6.07) is 0. The second kappa shape index (κ2) is 4.78. The number of hydrogen-bond acceptors (Lipinski definition) is 5. The van der Waals surface area contributed by atoms with E-state index in [-0.39, 0.29) is 5.82 Å². The predicted octanol–water partition coefficient (Wildman–Crippen LogP) is 1.18. The molecule has 0 aliphatic rings. The van der Waals surface area contributed by atoms with Crippen LogP contribution in [0.3, 0.4) is 0 Å². The van der Waals surface area contributed by atoms with Crippen LogP contribution in [0.5, 0.6) is 0 Å². The molecular formula is C7H9FN4S. The van der Waals surface area contributed by atoms with Crippen molar-refractivity contribution in [3.63, 3.8) is 0 Å². The number of thioether (sulfide) groups is 1. The van der Waals surface area contributed by atoms with Crippen LogP contribution in [0.25, 0.3) is 0 Å². The standard InChI is InChI=1S/C7H9FN4S/c1-2-3-13-7-10-4-5(8)6(11-7)12-9/h2,4H,1,3,9H2,(H,10,11,12). The first-order valence-corrected chi connectivity index (χ1v) is 4.49. The van der Waals surface area contributed by atoms with E-state index in [2.05, 4.69) is 22.0 Å². The molecule has 6 heteroatoms. The Labute approximate surface area is 79.4 Å². The van der Waals surface area contributed by atoms with Gasteiger partial charge in [0.05, 0.1) is 6.20 Å². The maximum absolute atomic E-state index is 12.8. The van der Waals surface area contributed by atoms with Gasteiger partial charge in [-0.25, -0.2) is 20.2 Å². The van der Waals surface area contributed by atoms with Crippen molar-refractivity contribution >= 4 is 17.6 Å². The summed E-state index contributed by atoms with van der Waals surface area (Å²) in [6.45, 7) is 3.55. The van der Waals surface area contributed by atoms with Gasteiger partial charge in [-0.1, -0.05) is 17.8 Å². The van der Waals surface area contributed by atoms with Crippen molar-refractivity contribution in [3.05, 3.63) is 24.7 Å². The predicted molar refractivity (Wildman–Crippen MR) is 50.7 cm³/mol.